The highest BCUT2D eigenvalue weighted by Crippen LogP contribution is 2.47. The molecule has 0 saturated carbocycles. The molecule has 3 aliphatic heterocycles. The van der Waals surface area contributed by atoms with E-state index in [9.17, 15) is 9.90 Å². The van der Waals surface area contributed by atoms with Gasteiger partial charge in [-0.05, 0) is 83.2 Å². The molecule has 222 valence electrons. The van der Waals surface area contributed by atoms with E-state index in [1.807, 2.05) is 45.9 Å². The van der Waals surface area contributed by atoms with Crippen LogP contribution in [-0.2, 0) is 23.1 Å². The van der Waals surface area contributed by atoms with Crippen molar-refractivity contribution < 1.29 is 19.4 Å². The van der Waals surface area contributed by atoms with E-state index in [2.05, 4.69) is 32.7 Å². The van der Waals surface area contributed by atoms with E-state index in [4.69, 9.17) is 26.1 Å². The Hall–Kier alpha value is -3.40. The molecule has 42 heavy (non-hydrogen) atoms. The number of piperidine rings is 1. The normalized spacial score (nSPS) is 19.5. The number of nitrogens with one attached hydrogen (secondary N) is 2. The molecule has 3 aliphatic rings. The van der Waals surface area contributed by atoms with Gasteiger partial charge in [-0.2, -0.15) is 0 Å². The molecule has 4 heterocycles. The zero-order valence-corrected chi connectivity index (χ0v) is 25.3. The molecule has 0 bridgehead atoms. The van der Waals surface area contributed by atoms with Crippen molar-refractivity contribution in [2.24, 2.45) is 0 Å². The van der Waals surface area contributed by atoms with Gasteiger partial charge in [0.15, 0.2) is 11.5 Å². The van der Waals surface area contributed by atoms with Gasteiger partial charge in [0.05, 0.1) is 33.6 Å². The summed E-state index contributed by atoms with van der Waals surface area (Å²) in [4.78, 5) is 24.0. The van der Waals surface area contributed by atoms with Gasteiger partial charge in [-0.3, -0.25) is 9.69 Å². The molecule has 0 spiro atoms. The van der Waals surface area contributed by atoms with Gasteiger partial charge < -0.3 is 25.2 Å². The van der Waals surface area contributed by atoms with Crippen LogP contribution in [0.15, 0.2) is 36.5 Å². The van der Waals surface area contributed by atoms with Crippen molar-refractivity contribution in [2.75, 3.05) is 37.1 Å². The molecule has 1 saturated heterocycles. The number of amides is 1. The highest BCUT2D eigenvalue weighted by Gasteiger charge is 2.40. The number of aryl methyl sites for hydroxylation is 2. The van der Waals surface area contributed by atoms with Crippen molar-refractivity contribution in [3.05, 3.63) is 63.9 Å². The number of aromatic nitrogens is 2. The average Bonchev–Trinajstić information content (AvgIpc) is 3.51. The lowest BCUT2D eigenvalue weighted by atomic mass is 9.82. The molecule has 1 fully saturated rings. The Morgan fingerprint density at radius 3 is 2.81 bits per heavy atom. The van der Waals surface area contributed by atoms with Gasteiger partial charge >= 0.3 is 0 Å². The van der Waals surface area contributed by atoms with E-state index in [1.165, 1.54) is 0 Å². The van der Waals surface area contributed by atoms with Crippen molar-refractivity contribution in [1.29, 1.82) is 0 Å². The number of aliphatic hydroxyl groups is 1. The van der Waals surface area contributed by atoms with Crippen LogP contribution >= 0.6 is 11.6 Å². The largest absolute Gasteiger partial charge is 0.453 e. The lowest BCUT2D eigenvalue weighted by Crippen LogP contribution is -2.43. The van der Waals surface area contributed by atoms with Gasteiger partial charge in [0.2, 0.25) is 18.6 Å². The second kappa shape index (κ2) is 11.0. The Labute approximate surface area is 251 Å². The van der Waals surface area contributed by atoms with Crippen molar-refractivity contribution in [3.63, 3.8) is 0 Å². The highest BCUT2D eigenvalue weighted by atomic mass is 35.5. The third kappa shape index (κ3) is 5.65. The van der Waals surface area contributed by atoms with Crippen LogP contribution < -0.4 is 20.1 Å². The maximum absolute atomic E-state index is 12.5. The number of carbonyl (C=O) groups excluding carboxylic acids is 1. The first-order valence-electron chi connectivity index (χ1n) is 14.6. The Morgan fingerprint density at radius 1 is 1.19 bits per heavy atom. The first-order chi connectivity index (χ1) is 20.0. The summed E-state index contributed by atoms with van der Waals surface area (Å²) in [5.74, 6) is 2.14. The van der Waals surface area contributed by atoms with Crippen LogP contribution in [-0.4, -0.2) is 57.9 Å². The summed E-state index contributed by atoms with van der Waals surface area (Å²) in [6.45, 7) is 10.2. The summed E-state index contributed by atoms with van der Waals surface area (Å²) in [6, 6.07) is 10.1. The molecule has 2 aromatic carbocycles. The van der Waals surface area contributed by atoms with Crippen LogP contribution in [0.2, 0.25) is 5.02 Å². The van der Waals surface area contributed by atoms with Crippen LogP contribution in [0, 0.1) is 0 Å². The number of β-amino-alcohol motifs (C(OH)–C–C–N with tert-alkyl or cyclic N) is 1. The number of fused-ring (bicyclic) bond motifs is 2. The fourth-order valence-corrected chi connectivity index (χ4v) is 6.68. The van der Waals surface area contributed by atoms with E-state index >= 15 is 0 Å². The summed E-state index contributed by atoms with van der Waals surface area (Å²) >= 11 is 6.53. The average molecular weight is 592 g/mol. The van der Waals surface area contributed by atoms with Crippen molar-refractivity contribution >= 4 is 34.8 Å². The molecular weight excluding hydrogens is 554 g/mol. The first-order valence-corrected chi connectivity index (χ1v) is 15.0. The third-order valence-electron chi connectivity index (χ3n) is 8.39. The molecule has 0 radical (unpaired) electrons. The first kappa shape index (κ1) is 28.7. The Morgan fingerprint density at radius 2 is 2.00 bits per heavy atom. The van der Waals surface area contributed by atoms with Crippen LogP contribution in [0.4, 0.5) is 17.3 Å². The molecule has 3 aromatic rings. The van der Waals surface area contributed by atoms with Gasteiger partial charge in [0.1, 0.15) is 0 Å². The number of benzene rings is 2. The molecule has 1 amide bonds. The minimum absolute atomic E-state index is 0.0103. The van der Waals surface area contributed by atoms with Crippen LogP contribution in [0.1, 0.15) is 68.8 Å². The maximum atomic E-state index is 12.5. The summed E-state index contributed by atoms with van der Waals surface area (Å²) in [6.07, 6.45) is 5.01. The molecule has 0 aliphatic carbocycles. The van der Waals surface area contributed by atoms with Crippen molar-refractivity contribution in [2.45, 2.75) is 70.3 Å². The van der Waals surface area contributed by atoms with E-state index in [1.54, 1.807) is 6.20 Å². The summed E-state index contributed by atoms with van der Waals surface area (Å²) < 4.78 is 11.9. The lowest BCUT2D eigenvalue weighted by Gasteiger charge is -2.36. The molecule has 10 heteroatoms. The Kier molecular flexibility index (Phi) is 7.53. The van der Waals surface area contributed by atoms with E-state index < -0.39 is 11.0 Å². The quantitative estimate of drug-likeness (QED) is 0.312. The van der Waals surface area contributed by atoms with Crippen molar-refractivity contribution in [3.8, 4) is 11.5 Å². The maximum Gasteiger partial charge on any atom is 0.234 e. The van der Waals surface area contributed by atoms with Crippen molar-refractivity contribution in [1.82, 2.24) is 14.9 Å². The summed E-state index contributed by atoms with van der Waals surface area (Å²) in [5, 5.41) is 17.1. The smallest absolute Gasteiger partial charge is 0.234 e. The fraction of sp³-hybridized carbons (Fsp3) is 0.469. The molecule has 3 N–H and O–H groups in total. The van der Waals surface area contributed by atoms with Crippen LogP contribution in [0.25, 0.3) is 0 Å². The number of nitrogens with zero attached hydrogens (tertiary/aromatic N) is 3. The second-order valence-corrected chi connectivity index (χ2v) is 13.1. The molecule has 1 unspecified atom stereocenters. The fourth-order valence-electron chi connectivity index (χ4n) is 6.49. The molecule has 9 nitrogen and oxygen atoms in total. The van der Waals surface area contributed by atoms with Crippen LogP contribution in [0.5, 0.6) is 11.5 Å². The SMILES string of the molecule is CC(C)(O)CN1CCCC(c2ccc(Nc3ncc(Cl)c(CCc4cccc5c4C(C)(C)C(=O)N5)n3)c3c2OCO3)C1. The van der Waals surface area contributed by atoms with Crippen LogP contribution in [0.3, 0.4) is 0 Å². The second-order valence-electron chi connectivity index (χ2n) is 12.7. The topological polar surface area (TPSA) is 109 Å². The third-order valence-corrected chi connectivity index (χ3v) is 8.71. The Bertz CT molecular complexity index is 1520. The zero-order chi connectivity index (χ0) is 29.6. The van der Waals surface area contributed by atoms with Gasteiger partial charge in [0, 0.05) is 30.3 Å². The minimum Gasteiger partial charge on any atom is -0.453 e. The monoisotopic (exact) mass is 591 g/mol. The number of rotatable bonds is 8. The Balaban J connectivity index is 1.19. The van der Waals surface area contributed by atoms with E-state index in [0.29, 0.717) is 42.0 Å². The van der Waals surface area contributed by atoms with Gasteiger partial charge in [-0.15, -0.1) is 0 Å². The number of carbonyl (C=O) groups is 1. The molecule has 1 aromatic heterocycles. The van der Waals surface area contributed by atoms with E-state index in [0.717, 1.165) is 65.4 Å². The zero-order valence-electron chi connectivity index (χ0n) is 24.6. The molecule has 6 rings (SSSR count). The van der Waals surface area contributed by atoms with E-state index in [-0.39, 0.29) is 12.7 Å². The number of hydrogen-bond donors (Lipinski definition) is 3. The predicted molar refractivity (Wildman–Crippen MR) is 163 cm³/mol. The summed E-state index contributed by atoms with van der Waals surface area (Å²) in [5.41, 5.74) is 4.26. The molecular formula is C32H38ClN5O4. The number of halogens is 1. The van der Waals surface area contributed by atoms with Gasteiger partial charge in [-0.1, -0.05) is 29.8 Å². The standard InChI is InChI=1S/C32H38ClN5O4/c1-31(2,40)17-38-14-6-8-20(16-38)21-11-13-25(28-27(21)41-18-42-28)37-30-34-15-22(33)23(36-30)12-10-19-7-5-9-24-26(19)32(3,4)29(39)35-24/h5,7,9,11,13,15,20,40H,6,8,10,12,14,16-18H2,1-4H3,(H,35,39)(H,34,36,37). The number of ether oxygens (including phenoxy) is 2. The predicted octanol–water partition coefficient (Wildman–Crippen LogP) is 5.57. The highest BCUT2D eigenvalue weighted by molar-refractivity contribution is 6.31. The number of hydrogen-bond acceptors (Lipinski definition) is 8. The molecule has 1 atom stereocenters. The number of anilines is 3. The minimum atomic E-state index is -0.734. The van der Waals surface area contributed by atoms with Gasteiger partial charge in [-0.25, -0.2) is 9.97 Å². The van der Waals surface area contributed by atoms with Gasteiger partial charge in [0.25, 0.3) is 0 Å². The summed E-state index contributed by atoms with van der Waals surface area (Å²) in [7, 11) is 0. The lowest BCUT2D eigenvalue weighted by molar-refractivity contribution is -0.119. The number of likely N-dealkylation sites (tertiary alicyclic amines) is 1.